The summed E-state index contributed by atoms with van der Waals surface area (Å²) in [5, 5.41) is 7.72. The van der Waals surface area contributed by atoms with Gasteiger partial charge in [-0.05, 0) is 38.9 Å². The Morgan fingerprint density at radius 2 is 2.15 bits per heavy atom. The molecular formula is C21H40N4O2. The monoisotopic (exact) mass is 380 g/mol. The molecule has 2 aliphatic rings. The molecule has 0 atom stereocenters. The van der Waals surface area contributed by atoms with Gasteiger partial charge in [0.25, 0.3) is 0 Å². The van der Waals surface area contributed by atoms with Crippen molar-refractivity contribution in [1.29, 1.82) is 0 Å². The van der Waals surface area contributed by atoms with E-state index in [9.17, 15) is 0 Å². The van der Waals surface area contributed by atoms with E-state index in [0.29, 0.717) is 6.61 Å². The molecule has 1 N–H and O–H groups in total. The smallest absolute Gasteiger partial charge is 0.0885 e. The summed E-state index contributed by atoms with van der Waals surface area (Å²) in [5.41, 5.74) is 2.34. The van der Waals surface area contributed by atoms with Gasteiger partial charge in [-0.1, -0.05) is 32.1 Å². The van der Waals surface area contributed by atoms with E-state index in [4.69, 9.17) is 9.47 Å². The number of likely N-dealkylation sites (N-methyl/N-ethyl adjacent to an activating group) is 2. The fourth-order valence-corrected chi connectivity index (χ4v) is 3.88. The van der Waals surface area contributed by atoms with Gasteiger partial charge in [0.1, 0.15) is 0 Å². The van der Waals surface area contributed by atoms with Crippen molar-refractivity contribution in [3.05, 3.63) is 17.5 Å². The molecule has 0 aromatic carbocycles. The molecule has 0 amide bonds. The van der Waals surface area contributed by atoms with Crippen molar-refractivity contribution in [3.8, 4) is 0 Å². The van der Waals surface area contributed by atoms with Crippen molar-refractivity contribution in [2.75, 3.05) is 47.5 Å². The third kappa shape index (κ3) is 8.73. The molecule has 0 spiro atoms. The zero-order chi connectivity index (χ0) is 19.3. The second kappa shape index (κ2) is 13.3. The van der Waals surface area contributed by atoms with E-state index in [-0.39, 0.29) is 0 Å². The van der Waals surface area contributed by atoms with Crippen molar-refractivity contribution in [1.82, 2.24) is 20.0 Å². The molecule has 0 radical (unpaired) electrons. The molecule has 1 aromatic heterocycles. The first-order valence-corrected chi connectivity index (χ1v) is 10.7. The van der Waals surface area contributed by atoms with Crippen LogP contribution >= 0.6 is 0 Å². The van der Waals surface area contributed by atoms with Crippen molar-refractivity contribution >= 4 is 0 Å². The molecule has 1 aromatic rings. The largest absolute Gasteiger partial charge is 0.385 e. The minimum atomic E-state index is 0.702. The van der Waals surface area contributed by atoms with Crippen LogP contribution < -0.4 is 5.32 Å². The highest BCUT2D eigenvalue weighted by molar-refractivity contribution is 5.10. The second-order valence-electron chi connectivity index (χ2n) is 7.88. The van der Waals surface area contributed by atoms with Crippen LogP contribution in [0.1, 0.15) is 56.3 Å². The number of rotatable bonds is 9. The Balaban J connectivity index is 0.000000208. The number of fused-ring (bicyclic) bond motifs is 1. The van der Waals surface area contributed by atoms with Gasteiger partial charge in [-0.2, -0.15) is 5.10 Å². The van der Waals surface area contributed by atoms with Crippen molar-refractivity contribution in [2.24, 2.45) is 5.92 Å². The maximum Gasteiger partial charge on any atom is 0.0885 e. The number of aromatic nitrogens is 2. The van der Waals surface area contributed by atoms with Crippen LogP contribution in [0.5, 0.6) is 0 Å². The summed E-state index contributed by atoms with van der Waals surface area (Å²) in [6.45, 7) is 6.27. The van der Waals surface area contributed by atoms with Gasteiger partial charge in [-0.15, -0.1) is 0 Å². The summed E-state index contributed by atoms with van der Waals surface area (Å²) in [6.07, 6.45) is 10.0. The molecule has 0 saturated heterocycles. The second-order valence-corrected chi connectivity index (χ2v) is 7.88. The first-order valence-electron chi connectivity index (χ1n) is 10.7. The summed E-state index contributed by atoms with van der Waals surface area (Å²) in [6, 6.07) is 2.15. The number of hydrogen-bond donors (Lipinski definition) is 1. The summed E-state index contributed by atoms with van der Waals surface area (Å²) in [5.74, 6) is 1.03. The lowest BCUT2D eigenvalue weighted by Crippen LogP contribution is -2.27. The van der Waals surface area contributed by atoms with Gasteiger partial charge in [0.05, 0.1) is 31.1 Å². The standard InChI is InChI=1S/C11H20N4O.C10H20O/c1-12-3-4-14(2)8-10-7-11-9-16-6-5-15(11)13-10;1-11-9-5-8-10-6-3-2-4-7-10/h7,12H,3-6,8-9H2,1-2H3;10H,2-9H2,1H3. The van der Waals surface area contributed by atoms with Crippen molar-refractivity contribution in [3.63, 3.8) is 0 Å². The van der Waals surface area contributed by atoms with Gasteiger partial charge in [0.2, 0.25) is 0 Å². The normalized spacial score (nSPS) is 17.5. The van der Waals surface area contributed by atoms with Crippen LogP contribution in [-0.4, -0.2) is 62.2 Å². The molecule has 1 aliphatic carbocycles. The molecule has 6 nitrogen and oxygen atoms in total. The Labute approximate surface area is 165 Å². The van der Waals surface area contributed by atoms with E-state index in [1.807, 2.05) is 7.05 Å². The Kier molecular flexibility index (Phi) is 11.0. The third-order valence-corrected chi connectivity index (χ3v) is 5.47. The summed E-state index contributed by atoms with van der Waals surface area (Å²) in [4.78, 5) is 2.27. The Morgan fingerprint density at radius 3 is 2.85 bits per heavy atom. The quantitative estimate of drug-likeness (QED) is 0.667. The Morgan fingerprint density at radius 1 is 1.33 bits per heavy atom. The van der Waals surface area contributed by atoms with Crippen LogP contribution in [0.15, 0.2) is 6.07 Å². The maximum absolute atomic E-state index is 5.39. The molecule has 1 fully saturated rings. The molecule has 1 aliphatic heterocycles. The minimum absolute atomic E-state index is 0.702. The maximum atomic E-state index is 5.39. The predicted molar refractivity (Wildman–Crippen MR) is 110 cm³/mol. The zero-order valence-corrected chi connectivity index (χ0v) is 17.7. The first-order chi connectivity index (χ1) is 13.2. The van der Waals surface area contributed by atoms with Gasteiger partial charge < -0.3 is 14.8 Å². The predicted octanol–water partition coefficient (Wildman–Crippen LogP) is 3.06. The van der Waals surface area contributed by atoms with Crippen molar-refractivity contribution in [2.45, 2.75) is 64.6 Å². The topological polar surface area (TPSA) is 51.6 Å². The fourth-order valence-electron chi connectivity index (χ4n) is 3.88. The average molecular weight is 381 g/mol. The molecule has 0 unspecified atom stereocenters. The number of methoxy groups -OCH3 is 1. The molecule has 156 valence electrons. The van der Waals surface area contributed by atoms with Gasteiger partial charge in [0.15, 0.2) is 0 Å². The molecule has 6 heteroatoms. The van der Waals surface area contributed by atoms with E-state index < -0.39 is 0 Å². The highest BCUT2D eigenvalue weighted by Crippen LogP contribution is 2.27. The highest BCUT2D eigenvalue weighted by Gasteiger charge is 2.13. The van der Waals surface area contributed by atoms with Crippen molar-refractivity contribution < 1.29 is 9.47 Å². The van der Waals surface area contributed by atoms with E-state index in [2.05, 4.69) is 33.1 Å². The van der Waals surface area contributed by atoms with Crippen LogP contribution in [-0.2, 0) is 29.2 Å². The van der Waals surface area contributed by atoms with E-state index in [1.54, 1.807) is 7.11 Å². The SMILES string of the molecule is CNCCN(C)Cc1cc2n(n1)CCOC2.COCCCC1CCCCC1. The van der Waals surface area contributed by atoms with E-state index in [0.717, 1.165) is 51.0 Å². The number of ether oxygens (including phenoxy) is 2. The van der Waals surface area contributed by atoms with Gasteiger partial charge >= 0.3 is 0 Å². The van der Waals surface area contributed by atoms with Crippen LogP contribution in [0.4, 0.5) is 0 Å². The fraction of sp³-hybridized carbons (Fsp3) is 0.857. The van der Waals surface area contributed by atoms with Crippen LogP contribution in [0.25, 0.3) is 0 Å². The number of nitrogens with zero attached hydrogens (tertiary/aromatic N) is 3. The molecule has 27 heavy (non-hydrogen) atoms. The lowest BCUT2D eigenvalue weighted by molar-refractivity contribution is 0.0799. The third-order valence-electron chi connectivity index (χ3n) is 5.47. The summed E-state index contributed by atoms with van der Waals surface area (Å²) in [7, 11) is 5.88. The van der Waals surface area contributed by atoms with Crippen LogP contribution in [0.3, 0.4) is 0 Å². The van der Waals surface area contributed by atoms with E-state index >= 15 is 0 Å². The molecule has 3 rings (SSSR count). The number of nitrogens with one attached hydrogen (secondary N) is 1. The Bertz CT molecular complexity index is 477. The summed E-state index contributed by atoms with van der Waals surface area (Å²) >= 11 is 0. The minimum Gasteiger partial charge on any atom is -0.385 e. The summed E-state index contributed by atoms with van der Waals surface area (Å²) < 4.78 is 12.5. The van der Waals surface area contributed by atoms with E-state index in [1.165, 1.54) is 50.6 Å². The van der Waals surface area contributed by atoms with Crippen LogP contribution in [0, 0.1) is 5.92 Å². The molecule has 1 saturated carbocycles. The lowest BCUT2D eigenvalue weighted by Gasteiger charge is -2.20. The average Bonchev–Trinajstić information content (AvgIpc) is 3.10. The lowest BCUT2D eigenvalue weighted by atomic mass is 9.86. The van der Waals surface area contributed by atoms with Gasteiger partial charge in [-0.25, -0.2) is 0 Å². The molecule has 0 bridgehead atoms. The van der Waals surface area contributed by atoms with Gasteiger partial charge in [-0.3, -0.25) is 9.58 Å². The number of hydrogen-bond acceptors (Lipinski definition) is 5. The highest BCUT2D eigenvalue weighted by atomic mass is 16.5. The van der Waals surface area contributed by atoms with Crippen LogP contribution in [0.2, 0.25) is 0 Å². The van der Waals surface area contributed by atoms with Gasteiger partial charge in [0, 0.05) is 33.4 Å². The Hall–Kier alpha value is -0.950. The molecular weight excluding hydrogens is 340 g/mol. The zero-order valence-electron chi connectivity index (χ0n) is 17.7. The first kappa shape index (κ1) is 22.3. The molecule has 2 heterocycles.